The molecule has 0 aliphatic heterocycles. The zero-order valence-electron chi connectivity index (χ0n) is 7.22. The predicted molar refractivity (Wildman–Crippen MR) is 53.2 cm³/mol. The van der Waals surface area contributed by atoms with Crippen molar-refractivity contribution in [2.24, 2.45) is 0 Å². The second-order valence-electron chi connectivity index (χ2n) is 3.32. The maximum atomic E-state index is 13.4. The van der Waals surface area contributed by atoms with Gasteiger partial charge in [-0.2, -0.15) is 0 Å². The van der Waals surface area contributed by atoms with Crippen molar-refractivity contribution < 1.29 is 4.39 Å². The van der Waals surface area contributed by atoms with Gasteiger partial charge in [0.2, 0.25) is 0 Å². The lowest BCUT2D eigenvalue weighted by Gasteiger charge is -2.06. The molecular weight excluding hydrogens is 199 g/mol. The highest BCUT2D eigenvalue weighted by Crippen LogP contribution is 2.21. The lowest BCUT2D eigenvalue weighted by atomic mass is 10.0. The molecule has 0 bridgehead atoms. The Balaban J connectivity index is 2.72. The van der Waals surface area contributed by atoms with Crippen molar-refractivity contribution in [1.82, 2.24) is 0 Å². The van der Waals surface area contributed by atoms with Crippen LogP contribution in [-0.4, -0.2) is 0 Å². The number of hydrogen-bond acceptors (Lipinski definition) is 0. The lowest BCUT2D eigenvalue weighted by molar-refractivity contribution is 0.616. The summed E-state index contributed by atoms with van der Waals surface area (Å²) in [6, 6.07) is 10.6. The molecule has 2 aromatic carbocycles. The molecule has 1 aliphatic rings. The molecular formula is C12H6ClF. The maximum Gasteiger partial charge on any atom is 0.131 e. The Morgan fingerprint density at radius 3 is 2.29 bits per heavy atom. The Bertz CT molecular complexity index is 618. The van der Waals surface area contributed by atoms with Crippen LogP contribution in [0.1, 0.15) is 0 Å². The Labute approximate surface area is 84.6 Å². The van der Waals surface area contributed by atoms with Gasteiger partial charge in [-0.05, 0) is 22.6 Å². The lowest BCUT2D eigenvalue weighted by Crippen LogP contribution is -1.95. The summed E-state index contributed by atoms with van der Waals surface area (Å²) in [6.07, 6.45) is 0. The molecule has 0 fully saturated rings. The summed E-state index contributed by atoms with van der Waals surface area (Å²) in [5.74, 6) is -0.169. The van der Waals surface area contributed by atoms with Gasteiger partial charge in [-0.25, -0.2) is 4.39 Å². The van der Waals surface area contributed by atoms with Crippen LogP contribution >= 0.6 is 11.6 Å². The first-order chi connectivity index (χ1) is 6.79. The van der Waals surface area contributed by atoms with Crippen molar-refractivity contribution in [3.05, 3.63) is 68.1 Å². The van der Waals surface area contributed by atoms with E-state index in [1.54, 1.807) is 6.07 Å². The van der Waals surface area contributed by atoms with E-state index in [0.717, 1.165) is 15.7 Å². The Hall–Kier alpha value is -1.34. The largest absolute Gasteiger partial charge is 0.206 e. The third-order valence-corrected chi connectivity index (χ3v) is 2.88. The molecule has 0 heterocycles. The summed E-state index contributed by atoms with van der Waals surface area (Å²) in [5, 5.41) is 4.21. The predicted octanol–water partition coefficient (Wildman–Crippen LogP) is 3.37. The molecule has 14 heavy (non-hydrogen) atoms. The quantitative estimate of drug-likeness (QED) is 0.527. The SMILES string of the molecule is Fc1cccc2c1=c1cccc(Cl)c1=2. The van der Waals surface area contributed by atoms with E-state index in [2.05, 4.69) is 0 Å². The van der Waals surface area contributed by atoms with Gasteiger partial charge in [-0.15, -0.1) is 0 Å². The van der Waals surface area contributed by atoms with Gasteiger partial charge in [0.15, 0.2) is 0 Å². The minimum absolute atomic E-state index is 0.169. The fourth-order valence-electron chi connectivity index (χ4n) is 1.95. The summed E-state index contributed by atoms with van der Waals surface area (Å²) in [4.78, 5) is 0. The fraction of sp³-hybridized carbons (Fsp3) is 0. The third-order valence-electron chi connectivity index (χ3n) is 2.57. The smallest absolute Gasteiger partial charge is 0.131 e. The average Bonchev–Trinajstić information content (AvgIpc) is 2.13. The van der Waals surface area contributed by atoms with E-state index in [1.807, 2.05) is 24.3 Å². The summed E-state index contributed by atoms with van der Waals surface area (Å²) in [6.45, 7) is 0. The zero-order chi connectivity index (χ0) is 9.71. The minimum Gasteiger partial charge on any atom is -0.206 e. The van der Waals surface area contributed by atoms with Crippen LogP contribution in [0.4, 0.5) is 4.39 Å². The average molecular weight is 205 g/mol. The monoisotopic (exact) mass is 204 g/mol. The van der Waals surface area contributed by atoms with Crippen LogP contribution in [0.25, 0.3) is 0 Å². The van der Waals surface area contributed by atoms with Gasteiger partial charge in [-0.3, -0.25) is 0 Å². The topological polar surface area (TPSA) is 0 Å². The van der Waals surface area contributed by atoms with Gasteiger partial charge in [0.1, 0.15) is 5.82 Å². The van der Waals surface area contributed by atoms with Crippen molar-refractivity contribution in [2.45, 2.75) is 0 Å². The Morgan fingerprint density at radius 2 is 1.50 bits per heavy atom. The summed E-state index contributed by atoms with van der Waals surface area (Å²) in [7, 11) is 0. The van der Waals surface area contributed by atoms with E-state index >= 15 is 0 Å². The van der Waals surface area contributed by atoms with Gasteiger partial charge in [0.25, 0.3) is 0 Å². The van der Waals surface area contributed by atoms with E-state index in [0.29, 0.717) is 10.2 Å². The molecule has 68 valence electrons. The highest BCUT2D eigenvalue weighted by atomic mass is 35.5. The standard InChI is InChI=1S/C12H6ClF/c13-9-5-1-3-7-11(9)8-4-2-6-10(14)12(7)8/h1-6H. The van der Waals surface area contributed by atoms with Crippen molar-refractivity contribution in [2.75, 3.05) is 0 Å². The number of benzene rings is 2. The fourth-order valence-corrected chi connectivity index (χ4v) is 2.23. The maximum absolute atomic E-state index is 13.4. The molecule has 1 aliphatic carbocycles. The van der Waals surface area contributed by atoms with Crippen molar-refractivity contribution in [3.63, 3.8) is 0 Å². The molecule has 0 nitrogen and oxygen atoms in total. The van der Waals surface area contributed by atoms with Crippen molar-refractivity contribution in [3.8, 4) is 0 Å². The van der Waals surface area contributed by atoms with Crippen LogP contribution in [-0.2, 0) is 0 Å². The molecule has 0 atom stereocenters. The first-order valence-corrected chi connectivity index (χ1v) is 4.74. The van der Waals surface area contributed by atoms with E-state index in [1.165, 1.54) is 6.07 Å². The highest BCUT2D eigenvalue weighted by Gasteiger charge is 2.08. The van der Waals surface area contributed by atoms with E-state index in [9.17, 15) is 4.39 Å². The van der Waals surface area contributed by atoms with Crippen LogP contribution in [0.3, 0.4) is 0 Å². The van der Waals surface area contributed by atoms with E-state index < -0.39 is 0 Å². The van der Waals surface area contributed by atoms with Crippen LogP contribution in [0.2, 0.25) is 5.02 Å². The number of halogens is 2. The van der Waals surface area contributed by atoms with Crippen LogP contribution < -0.4 is 0 Å². The van der Waals surface area contributed by atoms with Gasteiger partial charge in [0, 0.05) is 15.5 Å². The summed E-state index contributed by atoms with van der Waals surface area (Å²) >= 11 is 6.02. The van der Waals surface area contributed by atoms with Crippen LogP contribution in [0, 0.1) is 26.7 Å². The van der Waals surface area contributed by atoms with Crippen molar-refractivity contribution in [1.29, 1.82) is 0 Å². The Morgan fingerprint density at radius 1 is 0.857 bits per heavy atom. The van der Waals surface area contributed by atoms with Gasteiger partial charge >= 0.3 is 0 Å². The van der Waals surface area contributed by atoms with Gasteiger partial charge < -0.3 is 0 Å². The first kappa shape index (κ1) is 8.01. The molecule has 0 radical (unpaired) electrons. The highest BCUT2D eigenvalue weighted by molar-refractivity contribution is 6.30. The van der Waals surface area contributed by atoms with E-state index in [4.69, 9.17) is 11.6 Å². The molecule has 2 aromatic rings. The number of fused-ring (bicyclic) bond motifs is 2. The third kappa shape index (κ3) is 0.828. The van der Waals surface area contributed by atoms with Crippen molar-refractivity contribution >= 4 is 11.6 Å². The molecule has 0 saturated carbocycles. The molecule has 0 amide bonds. The second kappa shape index (κ2) is 2.58. The minimum atomic E-state index is -0.169. The molecule has 0 unspecified atom stereocenters. The summed E-state index contributed by atoms with van der Waals surface area (Å²) in [5.41, 5.74) is 0. The van der Waals surface area contributed by atoms with Crippen LogP contribution in [0.5, 0.6) is 0 Å². The van der Waals surface area contributed by atoms with Gasteiger partial charge in [0.05, 0.1) is 0 Å². The molecule has 0 saturated heterocycles. The summed E-state index contributed by atoms with van der Waals surface area (Å²) < 4.78 is 13.4. The molecule has 3 rings (SSSR count). The number of hydrogen-bond donors (Lipinski definition) is 0. The second-order valence-corrected chi connectivity index (χ2v) is 3.73. The molecule has 0 aromatic heterocycles. The number of rotatable bonds is 0. The Kier molecular flexibility index (Phi) is 1.48. The normalized spacial score (nSPS) is 11.6. The van der Waals surface area contributed by atoms with Gasteiger partial charge in [-0.1, -0.05) is 35.9 Å². The zero-order valence-corrected chi connectivity index (χ0v) is 7.98. The molecule has 2 heteroatoms. The molecule has 0 spiro atoms. The van der Waals surface area contributed by atoms with Crippen LogP contribution in [0.15, 0.2) is 36.4 Å². The van der Waals surface area contributed by atoms with E-state index in [-0.39, 0.29) is 5.82 Å². The first-order valence-electron chi connectivity index (χ1n) is 4.37. The molecule has 0 N–H and O–H groups in total.